The molecule has 0 saturated heterocycles. The van der Waals surface area contributed by atoms with Crippen LogP contribution in [0.25, 0.3) is 172 Å². The van der Waals surface area contributed by atoms with Crippen LogP contribution in [-0.4, -0.2) is 114 Å². The van der Waals surface area contributed by atoms with E-state index >= 15 is 0 Å². The zero-order chi connectivity index (χ0) is 55.7. The molecule has 348 valence electrons. The van der Waals surface area contributed by atoms with Gasteiger partial charge in [-0.3, -0.25) is 0 Å². The van der Waals surface area contributed by atoms with Crippen LogP contribution in [0.4, 0.5) is 0 Å². The summed E-state index contributed by atoms with van der Waals surface area (Å²) in [5, 5.41) is 29.9. The number of hydrogen-bond donors (Lipinski definition) is 0. The standard InChI is InChI=1S/C65H34S.B16/c1-33-11-2-4-13-36(33)55-53-32-34-12-3-5-14-37(34)56-41-16-6-7-17-42(41)61(64(53)56)63-51-30-28-47-45-25-26-48-52-31-35(38-18-10-19-49-40-15-8-9-20-54(40)66-65(38)49)21-22-39(52)43-23-24-44(58(45)57(43)48)46-27-29-50(62(55)63)60(51)59(46)47;1-10(2)14(9)16(13(7)8)15(11(3)4)12(5)6/h2-32H,1H3;. The van der Waals surface area contributed by atoms with Gasteiger partial charge in [-0.1, -0.05) is 170 Å². The normalized spacial score (nSPS) is 12.2. The lowest BCUT2D eigenvalue weighted by Crippen LogP contribution is -2.75. The van der Waals surface area contributed by atoms with Crippen molar-refractivity contribution in [2.24, 2.45) is 0 Å². The Morgan fingerprint density at radius 2 is 0.768 bits per heavy atom. The molecule has 0 spiro atoms. The summed E-state index contributed by atoms with van der Waals surface area (Å²) in [7, 11) is 50.4. The molecule has 0 saturated carbocycles. The molecule has 15 aromatic carbocycles. The molecule has 0 bridgehead atoms. The highest BCUT2D eigenvalue weighted by Crippen LogP contribution is 2.58. The van der Waals surface area contributed by atoms with E-state index in [1.165, 1.54) is 178 Å². The predicted octanol–water partition coefficient (Wildman–Crippen LogP) is 13.1. The largest absolute Gasteiger partial charge is 0.135 e. The molecule has 1 heterocycles. The molecular weight excluding hydrogens is 986 g/mol. The summed E-state index contributed by atoms with van der Waals surface area (Å²) in [6.45, 7) is 2.28. The van der Waals surface area contributed by atoms with E-state index in [0.29, 0.717) is 0 Å². The first-order chi connectivity index (χ1) is 39.9. The summed E-state index contributed by atoms with van der Waals surface area (Å²) in [5.74, 6) is 0. The molecule has 0 N–H and O–H groups in total. The maximum absolute atomic E-state index is 5.81. The Bertz CT molecular complexity index is 5300. The van der Waals surface area contributed by atoms with E-state index in [2.05, 4.69) is 195 Å². The summed E-state index contributed by atoms with van der Waals surface area (Å²) in [4.78, 5) is 0. The third kappa shape index (κ3) is 7.02. The summed E-state index contributed by atoms with van der Waals surface area (Å²) >= 11 is 1.91. The number of benzene rings is 13. The lowest BCUT2D eigenvalue weighted by molar-refractivity contribution is 1.48. The molecule has 18 radical (unpaired) electrons. The third-order valence-electron chi connectivity index (χ3n) is 18.6. The van der Waals surface area contributed by atoms with E-state index in [4.69, 9.17) is 69.6 Å². The fourth-order valence-corrected chi connectivity index (χ4v) is 16.4. The number of rotatable bonds is 8. The molecule has 17 heteroatoms. The molecule has 82 heavy (non-hydrogen) atoms. The van der Waals surface area contributed by atoms with Crippen molar-refractivity contribution in [3.63, 3.8) is 0 Å². The van der Waals surface area contributed by atoms with E-state index in [1.54, 1.807) is 0 Å². The first kappa shape index (κ1) is 50.6. The number of aryl methyl sites for hydroxylation is 1. The molecular formula is C65H34B16S. The van der Waals surface area contributed by atoms with Crippen molar-refractivity contribution in [2.45, 2.75) is 6.92 Å². The van der Waals surface area contributed by atoms with Gasteiger partial charge in [0.2, 0.25) is 0 Å². The van der Waals surface area contributed by atoms with E-state index in [0.717, 1.165) is 0 Å². The van der Waals surface area contributed by atoms with Crippen molar-refractivity contribution in [1.29, 1.82) is 0 Å². The van der Waals surface area contributed by atoms with Crippen LogP contribution < -0.4 is 0 Å². The van der Waals surface area contributed by atoms with Gasteiger partial charge in [-0.05, 0) is 183 Å². The maximum Gasteiger partial charge on any atom is 0.0433 e. The van der Waals surface area contributed by atoms with Crippen molar-refractivity contribution in [1.82, 2.24) is 0 Å². The highest BCUT2D eigenvalue weighted by atomic mass is 32.1. The van der Waals surface area contributed by atoms with Crippen molar-refractivity contribution < 1.29 is 0 Å². The topological polar surface area (TPSA) is 0 Å². The Labute approximate surface area is 495 Å². The summed E-state index contributed by atoms with van der Waals surface area (Å²) in [6, 6.07) is 72.2. The fourth-order valence-electron chi connectivity index (χ4n) is 15.1. The van der Waals surface area contributed by atoms with Crippen LogP contribution in [0.2, 0.25) is 0 Å². The zero-order valence-electron chi connectivity index (χ0n) is 45.0. The van der Waals surface area contributed by atoms with Crippen LogP contribution in [0, 0.1) is 6.92 Å². The Hall–Kier alpha value is -7.06. The molecule has 1 aliphatic rings. The van der Waals surface area contributed by atoms with E-state index in [-0.39, 0.29) is 0 Å². The number of fused-ring (bicyclic) bond motifs is 17. The lowest BCUT2D eigenvalue weighted by atomic mass is 8.44. The first-order valence-electron chi connectivity index (χ1n) is 28.2. The van der Waals surface area contributed by atoms with Gasteiger partial charge in [0.1, 0.15) is 0 Å². The maximum atomic E-state index is 5.81. The molecule has 0 nitrogen and oxygen atoms in total. The van der Waals surface area contributed by atoms with E-state index in [1.807, 2.05) is 11.3 Å². The molecule has 1 aliphatic carbocycles. The molecule has 17 rings (SSSR count). The molecule has 0 aliphatic heterocycles. The Balaban J connectivity index is 0.000000305. The second kappa shape index (κ2) is 18.7. The van der Waals surface area contributed by atoms with Crippen molar-refractivity contribution in [3.8, 4) is 44.5 Å². The van der Waals surface area contributed by atoms with Crippen molar-refractivity contribution in [3.05, 3.63) is 194 Å². The van der Waals surface area contributed by atoms with E-state index < -0.39 is 44.7 Å². The number of hydrogen-bond acceptors (Lipinski definition) is 1. The third-order valence-corrected chi connectivity index (χ3v) is 19.8. The van der Waals surface area contributed by atoms with Gasteiger partial charge in [-0.25, -0.2) is 0 Å². The molecule has 0 amide bonds. The van der Waals surface area contributed by atoms with Crippen LogP contribution in [0.3, 0.4) is 0 Å². The van der Waals surface area contributed by atoms with Gasteiger partial charge in [0.05, 0.1) is 0 Å². The van der Waals surface area contributed by atoms with Crippen LogP contribution >= 0.6 is 11.3 Å². The number of thiophene rings is 1. The zero-order valence-corrected chi connectivity index (χ0v) is 45.9. The van der Waals surface area contributed by atoms with Gasteiger partial charge in [-0.2, -0.15) is 0 Å². The average molecular weight is 1020 g/mol. The lowest BCUT2D eigenvalue weighted by Gasteiger charge is -2.37. The smallest absolute Gasteiger partial charge is 0.0433 e. The second-order valence-corrected chi connectivity index (χ2v) is 24.0. The molecule has 16 aromatic rings. The summed E-state index contributed by atoms with van der Waals surface area (Å²) < 4.78 is 2.70. The fraction of sp³-hybridized carbons (Fsp3) is 0.0154. The first-order valence-corrected chi connectivity index (χ1v) is 29.0. The van der Waals surface area contributed by atoms with Gasteiger partial charge >= 0.3 is 0 Å². The quantitative estimate of drug-likeness (QED) is 0.0808. The average Bonchev–Trinajstić information content (AvgIpc) is 1.62. The minimum atomic E-state index is -0.807. The highest BCUT2D eigenvalue weighted by molar-refractivity contribution is 8.13. The molecule has 0 fully saturated rings. The Kier molecular flexibility index (Phi) is 11.6. The molecule has 1 aromatic heterocycles. The van der Waals surface area contributed by atoms with Gasteiger partial charge < -0.3 is 0 Å². The van der Waals surface area contributed by atoms with Gasteiger partial charge in [0, 0.05) is 135 Å². The predicted molar refractivity (Wildman–Crippen MR) is 380 cm³/mol. The van der Waals surface area contributed by atoms with Crippen LogP contribution in [0.15, 0.2) is 188 Å². The van der Waals surface area contributed by atoms with Crippen LogP contribution in [-0.2, 0) is 0 Å². The van der Waals surface area contributed by atoms with Crippen molar-refractivity contribution >= 4 is 254 Å². The minimum absolute atomic E-state index is 0.556. The highest BCUT2D eigenvalue weighted by Gasteiger charge is 2.39. The second-order valence-electron chi connectivity index (χ2n) is 23.0. The molecule has 0 atom stereocenters. The van der Waals surface area contributed by atoms with Gasteiger partial charge in [-0.15, -0.1) is 11.3 Å². The molecule has 0 unspecified atom stereocenters. The van der Waals surface area contributed by atoms with Crippen molar-refractivity contribution in [2.75, 3.05) is 0 Å². The minimum Gasteiger partial charge on any atom is -0.135 e. The SMILES string of the molecule is Cc1ccccc1-c1c2cc3ccccc3c3c4ccccc4c(c4c5ccc6c7ccc8c9c(ccc(c%10ccc(c14)c5c%106)c97)-c1ccc(-c4cccc5c4sc4ccccc45)cc1-8)c23.[B]B([B])B([B])B(B([B])[B])B(B([B])[B])B([B])[B]. The van der Waals surface area contributed by atoms with Gasteiger partial charge in [0.15, 0.2) is 0 Å². The van der Waals surface area contributed by atoms with E-state index in [9.17, 15) is 0 Å². The Morgan fingerprint density at radius 1 is 0.293 bits per heavy atom. The summed E-state index contributed by atoms with van der Waals surface area (Å²) in [5.41, 5.74) is 11.9. The monoisotopic (exact) mass is 1020 g/mol. The van der Waals surface area contributed by atoms with Gasteiger partial charge in [0.25, 0.3) is 0 Å². The summed E-state index contributed by atoms with van der Waals surface area (Å²) in [6.07, 6.45) is -5.02. The van der Waals surface area contributed by atoms with Crippen LogP contribution in [0.5, 0.6) is 0 Å². The van der Waals surface area contributed by atoms with Crippen LogP contribution in [0.1, 0.15) is 5.56 Å². The Morgan fingerprint density at radius 3 is 1.45 bits per heavy atom.